The molecule has 0 saturated carbocycles. The Bertz CT molecular complexity index is 113. The molecule has 4 nitrogen and oxygen atoms in total. The van der Waals surface area contributed by atoms with Gasteiger partial charge in [0.25, 0.3) is 0 Å². The van der Waals surface area contributed by atoms with Crippen LogP contribution in [-0.2, 0) is 4.79 Å². The lowest BCUT2D eigenvalue weighted by molar-refractivity contribution is -0.117. The summed E-state index contributed by atoms with van der Waals surface area (Å²) < 4.78 is 0. The highest BCUT2D eigenvalue weighted by Gasteiger charge is 2.14. The van der Waals surface area contributed by atoms with Crippen LogP contribution in [0, 0.1) is 0 Å². The fourth-order valence-electron chi connectivity index (χ4n) is 0.376. The molecule has 1 saturated heterocycles. The zero-order valence-corrected chi connectivity index (χ0v) is 7.77. The Balaban J connectivity index is 0. The molecule has 1 heterocycles. The monoisotopic (exact) mass is 260 g/mol. The molecule has 0 radical (unpaired) electrons. The second kappa shape index (κ2) is 4.75. The number of rotatable bonds is 0. The molecule has 1 fully saturated rings. The molecule has 1 rings (SSSR count). The van der Waals surface area contributed by atoms with Crippen molar-refractivity contribution in [2.75, 3.05) is 6.54 Å². The normalized spacial score (nSPS) is 14.7. The minimum Gasteiger partial charge on any atom is -0.329 e. The average Bonchev–Trinajstić information content (AvgIpc) is 1.87. The summed E-state index contributed by atoms with van der Waals surface area (Å²) in [6.07, 6.45) is 0. The first-order chi connectivity index (χ1) is 3.29. The van der Waals surface area contributed by atoms with Crippen LogP contribution in [0.15, 0.2) is 0 Å². The van der Waals surface area contributed by atoms with Crippen molar-refractivity contribution in [3.8, 4) is 0 Å². The number of imide groups is 1. The van der Waals surface area contributed by atoms with Crippen molar-refractivity contribution >= 4 is 45.9 Å². The van der Waals surface area contributed by atoms with Crippen molar-refractivity contribution in [3.05, 3.63) is 0 Å². The first kappa shape index (κ1) is 11.7. The van der Waals surface area contributed by atoms with Gasteiger partial charge in [0.05, 0.1) is 6.54 Å². The summed E-state index contributed by atoms with van der Waals surface area (Å²) in [5.74, 6) is -0.259. The lowest BCUT2D eigenvalue weighted by atomic mass is 10.7. The van der Waals surface area contributed by atoms with E-state index in [9.17, 15) is 9.59 Å². The maximum atomic E-state index is 10.1. The zero-order valence-electron chi connectivity index (χ0n) is 4.34. The molecular weight excluding hydrogens is 256 g/mol. The summed E-state index contributed by atoms with van der Waals surface area (Å²) in [7, 11) is 0. The van der Waals surface area contributed by atoms with Gasteiger partial charge in [0.2, 0.25) is 5.91 Å². The molecule has 0 atom stereocenters. The standard InChI is InChI=1S/C3H4N2O2.2BrH/c6-2-1-4-3(7)5-2;;/h1H2,(H2,4,5,6,7);2*1H. The predicted octanol–water partition coefficient (Wildman–Crippen LogP) is -0.0184. The van der Waals surface area contributed by atoms with Crippen LogP contribution in [0.3, 0.4) is 0 Å². The van der Waals surface area contributed by atoms with Gasteiger partial charge in [-0.2, -0.15) is 0 Å². The van der Waals surface area contributed by atoms with Crippen LogP contribution < -0.4 is 10.6 Å². The van der Waals surface area contributed by atoms with E-state index in [0.717, 1.165) is 0 Å². The molecule has 1 aliphatic rings. The Labute approximate surface area is 72.9 Å². The summed E-state index contributed by atoms with van der Waals surface area (Å²) in [6, 6.07) is -0.398. The van der Waals surface area contributed by atoms with Gasteiger partial charge >= 0.3 is 6.03 Å². The molecule has 0 spiro atoms. The largest absolute Gasteiger partial charge is 0.329 e. The van der Waals surface area contributed by atoms with Crippen LogP contribution in [0.25, 0.3) is 0 Å². The number of urea groups is 1. The van der Waals surface area contributed by atoms with Crippen LogP contribution in [0.4, 0.5) is 4.79 Å². The number of hydrogen-bond acceptors (Lipinski definition) is 2. The first-order valence-electron chi connectivity index (χ1n) is 1.87. The maximum absolute atomic E-state index is 10.1. The van der Waals surface area contributed by atoms with Gasteiger partial charge in [0, 0.05) is 0 Å². The summed E-state index contributed by atoms with van der Waals surface area (Å²) in [5, 5.41) is 4.30. The predicted molar refractivity (Wildman–Crippen MR) is 42.2 cm³/mol. The van der Waals surface area contributed by atoms with Crippen molar-refractivity contribution in [2.45, 2.75) is 0 Å². The second-order valence-corrected chi connectivity index (χ2v) is 1.23. The topological polar surface area (TPSA) is 58.2 Å². The molecule has 3 amide bonds. The molecule has 54 valence electrons. The number of carbonyl (C=O) groups excluding carboxylic acids is 2. The van der Waals surface area contributed by atoms with Gasteiger partial charge in [-0.3, -0.25) is 10.1 Å². The van der Waals surface area contributed by atoms with E-state index in [1.54, 1.807) is 0 Å². The molecule has 9 heavy (non-hydrogen) atoms. The molecule has 6 heteroatoms. The molecule has 1 aliphatic heterocycles. The van der Waals surface area contributed by atoms with Crippen molar-refractivity contribution < 1.29 is 9.59 Å². The third kappa shape index (κ3) is 3.47. The zero-order chi connectivity index (χ0) is 5.28. The second-order valence-electron chi connectivity index (χ2n) is 1.23. The minimum absolute atomic E-state index is 0. The molecule has 2 N–H and O–H groups in total. The summed E-state index contributed by atoms with van der Waals surface area (Å²) in [4.78, 5) is 20.1. The quantitative estimate of drug-likeness (QED) is 0.603. The van der Waals surface area contributed by atoms with Gasteiger partial charge in [-0.25, -0.2) is 4.79 Å². The summed E-state index contributed by atoms with van der Waals surface area (Å²) in [5.41, 5.74) is 0. The fourth-order valence-corrected chi connectivity index (χ4v) is 0.376. The van der Waals surface area contributed by atoms with E-state index >= 15 is 0 Å². The smallest absolute Gasteiger partial charge is 0.321 e. The Morgan fingerprint density at radius 1 is 1.22 bits per heavy atom. The molecule has 0 aromatic rings. The Hall–Kier alpha value is -0.100. The van der Waals surface area contributed by atoms with E-state index < -0.39 is 6.03 Å². The van der Waals surface area contributed by atoms with Crippen molar-refractivity contribution in [1.29, 1.82) is 0 Å². The van der Waals surface area contributed by atoms with E-state index in [4.69, 9.17) is 0 Å². The van der Waals surface area contributed by atoms with Gasteiger partial charge in [0.15, 0.2) is 0 Å². The van der Waals surface area contributed by atoms with Gasteiger partial charge < -0.3 is 5.32 Å². The van der Waals surface area contributed by atoms with Crippen LogP contribution in [0.2, 0.25) is 0 Å². The highest BCUT2D eigenvalue weighted by atomic mass is 79.9. The minimum atomic E-state index is -0.398. The third-order valence-electron chi connectivity index (χ3n) is 0.662. The lowest BCUT2D eigenvalue weighted by Gasteiger charge is -1.78. The highest BCUT2D eigenvalue weighted by Crippen LogP contribution is 1.73. The first-order valence-corrected chi connectivity index (χ1v) is 1.87. The number of nitrogens with one attached hydrogen (secondary N) is 2. The van der Waals surface area contributed by atoms with Gasteiger partial charge in [-0.1, -0.05) is 0 Å². The Morgan fingerprint density at radius 3 is 1.89 bits per heavy atom. The SMILES string of the molecule is Br.Br.O=C1CNC(=O)N1. The number of carbonyl (C=O) groups is 2. The number of hydrogen-bond donors (Lipinski definition) is 2. The van der Waals surface area contributed by atoms with Crippen molar-refractivity contribution in [1.82, 2.24) is 10.6 Å². The Morgan fingerprint density at radius 2 is 1.78 bits per heavy atom. The average molecular weight is 262 g/mol. The van der Waals surface area contributed by atoms with Crippen molar-refractivity contribution in [3.63, 3.8) is 0 Å². The van der Waals surface area contributed by atoms with E-state index in [0.29, 0.717) is 0 Å². The number of halogens is 2. The Kier molecular flexibility index (Phi) is 6.16. The van der Waals surface area contributed by atoms with E-state index in [-0.39, 0.29) is 46.4 Å². The van der Waals surface area contributed by atoms with Gasteiger partial charge in [-0.05, 0) is 0 Å². The molecular formula is C3H6Br2N2O2. The van der Waals surface area contributed by atoms with Crippen LogP contribution >= 0.6 is 34.0 Å². The molecule has 0 aliphatic carbocycles. The van der Waals surface area contributed by atoms with Crippen LogP contribution in [-0.4, -0.2) is 18.5 Å². The third-order valence-corrected chi connectivity index (χ3v) is 0.662. The maximum Gasteiger partial charge on any atom is 0.321 e. The fraction of sp³-hybridized carbons (Fsp3) is 0.333. The number of amides is 3. The van der Waals surface area contributed by atoms with Gasteiger partial charge in [0.1, 0.15) is 0 Å². The molecule has 0 bridgehead atoms. The summed E-state index contributed by atoms with van der Waals surface area (Å²) in [6.45, 7) is 0.124. The molecule has 0 unspecified atom stereocenters. The molecule has 0 aromatic carbocycles. The molecule has 0 aromatic heterocycles. The lowest BCUT2D eigenvalue weighted by Crippen LogP contribution is -2.22. The highest BCUT2D eigenvalue weighted by molar-refractivity contribution is 8.93. The van der Waals surface area contributed by atoms with Crippen LogP contribution in [0.1, 0.15) is 0 Å². The van der Waals surface area contributed by atoms with Crippen LogP contribution in [0.5, 0.6) is 0 Å². The van der Waals surface area contributed by atoms with E-state index in [1.165, 1.54) is 0 Å². The van der Waals surface area contributed by atoms with E-state index in [1.807, 2.05) is 5.32 Å². The summed E-state index contributed by atoms with van der Waals surface area (Å²) >= 11 is 0. The van der Waals surface area contributed by atoms with Gasteiger partial charge in [-0.15, -0.1) is 34.0 Å². The van der Waals surface area contributed by atoms with E-state index in [2.05, 4.69) is 5.32 Å². The van der Waals surface area contributed by atoms with Crippen molar-refractivity contribution in [2.24, 2.45) is 0 Å².